The zero-order chi connectivity index (χ0) is 39.0. The number of rotatable bonds is 4. The second-order valence-corrected chi connectivity index (χ2v) is 14.8. The molecule has 0 unspecified atom stereocenters. The van der Waals surface area contributed by atoms with Gasteiger partial charge in [0.25, 0.3) is 25.2 Å². The van der Waals surface area contributed by atoms with Gasteiger partial charge in [0.15, 0.2) is 17.4 Å². The van der Waals surface area contributed by atoms with Crippen molar-refractivity contribution < 1.29 is 34.2 Å². The van der Waals surface area contributed by atoms with Crippen LogP contribution < -0.4 is 29.9 Å². The molecule has 1 aliphatic heterocycles. The fourth-order valence-electron chi connectivity index (χ4n) is 6.36. The Morgan fingerprint density at radius 2 is 1.38 bits per heavy atom. The Hall–Kier alpha value is -5.55. The van der Waals surface area contributed by atoms with Gasteiger partial charge in [-0.2, -0.15) is 4.57 Å². The third-order valence-corrected chi connectivity index (χ3v) is 8.73. The van der Waals surface area contributed by atoms with Gasteiger partial charge in [-0.05, 0) is 66.5 Å². The fraction of sp³-hybridized carbons (Fsp3) is 0.0882. The van der Waals surface area contributed by atoms with Gasteiger partial charge in [-0.25, -0.2) is 14.5 Å². The SMILES string of the molecule is Cc1cn(-c2cccc(-n3c[n+](C)c4cccnc43)c2)c2ncccc12.Cn1c[n+](B2N[B]NB(c3ccccc3)N2)c2ncccc21.F[P-](F)(F)(F)(F)F. The van der Waals surface area contributed by atoms with E-state index in [1.165, 1.54) is 16.4 Å². The molecule has 55 heavy (non-hydrogen) atoms. The Kier molecular flexibility index (Phi) is 9.57. The van der Waals surface area contributed by atoms with Crippen molar-refractivity contribution in [1.29, 1.82) is 0 Å². The van der Waals surface area contributed by atoms with Gasteiger partial charge >= 0.3 is 47.1 Å². The van der Waals surface area contributed by atoms with Gasteiger partial charge in [0.1, 0.15) is 17.5 Å². The molecule has 11 nitrogen and oxygen atoms in total. The van der Waals surface area contributed by atoms with Crippen LogP contribution in [-0.2, 0) is 14.1 Å². The second-order valence-electron chi connectivity index (χ2n) is 12.8. The molecule has 7 heterocycles. The van der Waals surface area contributed by atoms with Crippen LogP contribution in [0.3, 0.4) is 0 Å². The van der Waals surface area contributed by atoms with E-state index in [4.69, 9.17) is 0 Å². The molecule has 1 fully saturated rings. The van der Waals surface area contributed by atoms with Crippen LogP contribution in [0.2, 0.25) is 0 Å². The molecule has 0 amide bonds. The number of hydrogen-bond acceptors (Lipinski definition) is 6. The molecule has 2 aromatic carbocycles. The number of nitrogens with one attached hydrogen (secondary N) is 3. The van der Waals surface area contributed by atoms with Crippen molar-refractivity contribution in [3.05, 3.63) is 134 Å². The second kappa shape index (κ2) is 13.9. The molecule has 279 valence electrons. The summed E-state index contributed by atoms with van der Waals surface area (Å²) in [6.45, 7) is 2.17. The zero-order valence-corrected chi connectivity index (χ0v) is 30.5. The molecule has 6 aromatic heterocycles. The molecule has 0 aliphatic carbocycles. The van der Waals surface area contributed by atoms with E-state index in [1.54, 1.807) is 0 Å². The minimum absolute atomic E-state index is 0.0546. The number of aromatic nitrogens is 8. The van der Waals surface area contributed by atoms with Gasteiger partial charge in [-0.3, -0.25) is 9.05 Å². The van der Waals surface area contributed by atoms with Crippen molar-refractivity contribution in [2.75, 3.05) is 0 Å². The Balaban J connectivity index is 0.000000146. The van der Waals surface area contributed by atoms with Gasteiger partial charge in [0.2, 0.25) is 0 Å². The number of aryl methyl sites for hydroxylation is 3. The Morgan fingerprint density at radius 1 is 0.727 bits per heavy atom. The number of halogens is 6. The van der Waals surface area contributed by atoms with Crippen molar-refractivity contribution in [3.63, 3.8) is 0 Å². The van der Waals surface area contributed by atoms with E-state index in [1.807, 2.05) is 83.0 Å². The van der Waals surface area contributed by atoms with Gasteiger partial charge in [0, 0.05) is 30.0 Å². The maximum absolute atomic E-state index is 10.7. The molecule has 0 atom stereocenters. The van der Waals surface area contributed by atoms with Crippen molar-refractivity contribution in [2.24, 2.45) is 14.1 Å². The first-order valence-electron chi connectivity index (χ1n) is 16.9. The topological polar surface area (TPSA) is 97.3 Å². The average molecular weight is 773 g/mol. The van der Waals surface area contributed by atoms with Gasteiger partial charge < -0.3 is 20.0 Å². The summed E-state index contributed by atoms with van der Waals surface area (Å²) < 4.78 is 69.7. The van der Waals surface area contributed by atoms with E-state index < -0.39 is 7.81 Å². The fourth-order valence-corrected chi connectivity index (χ4v) is 6.36. The zero-order valence-electron chi connectivity index (χ0n) is 29.6. The predicted octanol–water partition coefficient (Wildman–Crippen LogP) is 5.29. The maximum atomic E-state index is 9.87. The number of fused-ring (bicyclic) bond motifs is 3. The van der Waals surface area contributed by atoms with E-state index in [9.17, 15) is 25.2 Å². The third-order valence-electron chi connectivity index (χ3n) is 8.73. The molecule has 8 aromatic rings. The summed E-state index contributed by atoms with van der Waals surface area (Å²) >= 11 is 0. The first kappa shape index (κ1) is 37.8. The average Bonchev–Trinajstić information content (AvgIpc) is 3.82. The molecule has 0 saturated carbocycles. The summed E-state index contributed by atoms with van der Waals surface area (Å²) in [5.74, 6) is 0. The van der Waals surface area contributed by atoms with Crippen LogP contribution in [0.1, 0.15) is 5.56 Å². The van der Waals surface area contributed by atoms with E-state index in [0.29, 0.717) is 0 Å². The molecule has 9 rings (SSSR count). The van der Waals surface area contributed by atoms with Crippen LogP contribution in [0.25, 0.3) is 44.7 Å². The number of hydrogen-bond donors (Lipinski definition) is 3. The molecule has 1 saturated heterocycles. The summed E-state index contributed by atoms with van der Waals surface area (Å²) in [6.07, 6.45) is 11.7. The third kappa shape index (κ3) is 9.06. The Morgan fingerprint density at radius 3 is 2.13 bits per heavy atom. The van der Waals surface area contributed by atoms with Crippen LogP contribution in [0, 0.1) is 6.92 Å². The van der Waals surface area contributed by atoms with Gasteiger partial charge in [0.05, 0.1) is 19.8 Å². The first-order chi connectivity index (χ1) is 26.0. The summed E-state index contributed by atoms with van der Waals surface area (Å²) in [6, 6.07) is 30.9. The normalized spacial score (nSPS) is 14.4. The van der Waals surface area contributed by atoms with E-state index in [-0.39, 0.29) is 14.1 Å². The summed E-state index contributed by atoms with van der Waals surface area (Å²) in [5, 5.41) is 11.3. The molecular weight excluding hydrogens is 740 g/mol. The molecule has 3 N–H and O–H groups in total. The van der Waals surface area contributed by atoms with E-state index >= 15 is 0 Å². The van der Waals surface area contributed by atoms with E-state index in [0.717, 1.165) is 39.3 Å². The van der Waals surface area contributed by atoms with Gasteiger partial charge in [-0.15, -0.1) is 4.98 Å². The summed E-state index contributed by atoms with van der Waals surface area (Å²) in [4.78, 5) is 13.6. The number of pyridine rings is 3. The van der Waals surface area contributed by atoms with Crippen molar-refractivity contribution >= 4 is 68.3 Å². The molecule has 0 spiro atoms. The molecule has 1 aliphatic rings. The monoisotopic (exact) mass is 773 g/mol. The van der Waals surface area contributed by atoms with Gasteiger partial charge in [-0.1, -0.05) is 36.4 Å². The van der Waals surface area contributed by atoms with Crippen LogP contribution in [0.15, 0.2) is 128 Å². The van der Waals surface area contributed by atoms with Crippen molar-refractivity contribution in [3.8, 4) is 11.4 Å². The van der Waals surface area contributed by atoms with Crippen molar-refractivity contribution in [1.82, 2.24) is 44.1 Å². The number of imidazole rings is 2. The van der Waals surface area contributed by atoms with Crippen LogP contribution in [0.5, 0.6) is 0 Å². The molecule has 1 radical (unpaired) electrons. The summed E-state index contributed by atoms with van der Waals surface area (Å²) in [5.41, 5.74) is 9.63. The standard InChI is InChI=1S/C21H18N5.C13H15B3N6.F6P/c1-15-13-25(20-18(15)8-4-10-22-20)16-6-3-7-17(12-16)26-14-24(2)19-9-5-11-23-21(19)26;1-21-10-22(13-12(21)8-5-9-17-13)16-19-14-18-15(20-16)11-6-3-2-4-7-11;1-7(2,3,4,5)6/h3-14H,1-2H3;2-10,18-20H,1H3;/q2*+1;-1. The van der Waals surface area contributed by atoms with Crippen LogP contribution in [-0.4, -0.2) is 50.3 Å². The number of nitrogens with zero attached hydrogens (tertiary/aromatic N) is 8. The number of benzene rings is 2. The van der Waals surface area contributed by atoms with Crippen LogP contribution in [0.4, 0.5) is 25.2 Å². The Labute approximate surface area is 312 Å². The Bertz CT molecular complexity index is 2530. The molecule has 21 heteroatoms. The van der Waals surface area contributed by atoms with Crippen molar-refractivity contribution in [2.45, 2.75) is 6.92 Å². The molecular formula is C34H33B3F6N11P+. The van der Waals surface area contributed by atoms with E-state index in [2.05, 4.69) is 127 Å². The minimum atomic E-state index is -10.7. The first-order valence-corrected chi connectivity index (χ1v) is 18.9. The molecule has 0 bridgehead atoms. The predicted molar refractivity (Wildman–Crippen MR) is 204 cm³/mol. The summed E-state index contributed by atoms with van der Waals surface area (Å²) in [7, 11) is -4.77. The quantitative estimate of drug-likeness (QED) is 0.0976. The van der Waals surface area contributed by atoms with Crippen LogP contribution >= 0.6 is 7.81 Å².